The minimum atomic E-state index is -3.34. The van der Waals surface area contributed by atoms with Crippen molar-refractivity contribution >= 4 is 26.6 Å². The van der Waals surface area contributed by atoms with E-state index in [4.69, 9.17) is 5.11 Å². The van der Waals surface area contributed by atoms with E-state index in [9.17, 15) is 13.2 Å². The van der Waals surface area contributed by atoms with Gasteiger partial charge in [-0.15, -0.1) is 0 Å². The van der Waals surface area contributed by atoms with Gasteiger partial charge < -0.3 is 15.4 Å². The number of sulfone groups is 1. The topological polar surface area (TPSA) is 99.3 Å². The number of carbonyl (C=O) groups is 1. The monoisotopic (exact) mass is 412 g/mol. The van der Waals surface area contributed by atoms with Gasteiger partial charge in [-0.1, -0.05) is 42.5 Å². The fourth-order valence-electron chi connectivity index (χ4n) is 4.12. The Morgan fingerprint density at radius 2 is 1.90 bits per heavy atom. The average molecular weight is 413 g/mol. The minimum absolute atomic E-state index is 0.0400. The van der Waals surface area contributed by atoms with E-state index in [0.29, 0.717) is 12.1 Å². The Kier molecular flexibility index (Phi) is 5.43. The van der Waals surface area contributed by atoms with Crippen LogP contribution in [0.15, 0.2) is 54.6 Å². The number of rotatable bonds is 7. The van der Waals surface area contributed by atoms with Crippen LogP contribution in [0.3, 0.4) is 0 Å². The number of hydrogen-bond acceptors (Lipinski definition) is 4. The van der Waals surface area contributed by atoms with Crippen LogP contribution < -0.4 is 5.32 Å². The maximum absolute atomic E-state index is 12.9. The predicted molar refractivity (Wildman–Crippen MR) is 113 cm³/mol. The molecular formula is C22H24N2O4S. The zero-order valence-electron chi connectivity index (χ0n) is 16.0. The molecule has 0 saturated heterocycles. The lowest BCUT2D eigenvalue weighted by atomic mass is 10.0. The molecule has 1 aromatic heterocycles. The van der Waals surface area contributed by atoms with Gasteiger partial charge in [0.05, 0.1) is 11.5 Å². The Morgan fingerprint density at radius 3 is 2.69 bits per heavy atom. The molecule has 4 rings (SSSR count). The van der Waals surface area contributed by atoms with Crippen molar-refractivity contribution in [3.8, 4) is 0 Å². The molecule has 0 unspecified atom stereocenters. The summed E-state index contributed by atoms with van der Waals surface area (Å²) in [6.07, 6.45) is 0.825. The fraction of sp³-hybridized carbons (Fsp3) is 0.318. The van der Waals surface area contributed by atoms with Crippen LogP contribution in [0.1, 0.15) is 34.0 Å². The zero-order chi connectivity index (χ0) is 20.4. The first-order valence-electron chi connectivity index (χ1n) is 9.74. The van der Waals surface area contributed by atoms with E-state index in [1.165, 1.54) is 0 Å². The molecule has 0 bridgehead atoms. The van der Waals surface area contributed by atoms with Gasteiger partial charge in [0, 0.05) is 29.5 Å². The Labute approximate surface area is 169 Å². The van der Waals surface area contributed by atoms with Gasteiger partial charge in [0.25, 0.3) is 5.91 Å². The Bertz CT molecular complexity index is 1100. The number of hydrogen-bond donors (Lipinski definition) is 3. The summed E-state index contributed by atoms with van der Waals surface area (Å²) in [7, 11) is -3.34. The zero-order valence-corrected chi connectivity index (χ0v) is 16.8. The molecule has 29 heavy (non-hydrogen) atoms. The molecule has 1 amide bonds. The average Bonchev–Trinajstić information content (AvgIpc) is 3.28. The Morgan fingerprint density at radius 1 is 1.14 bits per heavy atom. The largest absolute Gasteiger partial charge is 0.396 e. The number of fused-ring (bicyclic) bond motifs is 2. The van der Waals surface area contributed by atoms with Gasteiger partial charge in [-0.3, -0.25) is 4.79 Å². The number of benzene rings is 2. The first-order valence-corrected chi connectivity index (χ1v) is 11.6. The van der Waals surface area contributed by atoms with Crippen molar-refractivity contribution in [3.05, 3.63) is 71.4 Å². The molecule has 3 aromatic rings. The third kappa shape index (κ3) is 4.21. The SMILES string of the molecule is O=C(N[C@@H]1Cc2ccccc2[C@H]1CS(=O)(=O)CCCO)c1cc2ccccc2[nH]1. The summed E-state index contributed by atoms with van der Waals surface area (Å²) in [5.74, 6) is -0.632. The smallest absolute Gasteiger partial charge is 0.267 e. The molecule has 1 heterocycles. The lowest BCUT2D eigenvalue weighted by molar-refractivity contribution is 0.0930. The van der Waals surface area contributed by atoms with E-state index in [2.05, 4.69) is 10.3 Å². The van der Waals surface area contributed by atoms with E-state index >= 15 is 0 Å². The highest BCUT2D eigenvalue weighted by atomic mass is 32.2. The van der Waals surface area contributed by atoms with Gasteiger partial charge in [0.1, 0.15) is 5.69 Å². The van der Waals surface area contributed by atoms with Gasteiger partial charge in [0.15, 0.2) is 9.84 Å². The summed E-state index contributed by atoms with van der Waals surface area (Å²) in [4.78, 5) is 16.0. The normalized spacial score (nSPS) is 18.7. The predicted octanol–water partition coefficient (Wildman–Crippen LogP) is 2.40. The highest BCUT2D eigenvalue weighted by Crippen LogP contribution is 2.35. The maximum Gasteiger partial charge on any atom is 0.267 e. The molecule has 0 spiro atoms. The molecule has 2 atom stereocenters. The van der Waals surface area contributed by atoms with Crippen LogP contribution in [-0.4, -0.2) is 48.6 Å². The third-order valence-corrected chi connectivity index (χ3v) is 7.30. The number of aliphatic hydroxyl groups excluding tert-OH is 1. The summed E-state index contributed by atoms with van der Waals surface area (Å²) >= 11 is 0. The molecule has 3 N–H and O–H groups in total. The molecule has 152 valence electrons. The third-order valence-electron chi connectivity index (χ3n) is 5.52. The summed E-state index contributed by atoms with van der Waals surface area (Å²) in [5, 5.41) is 13.0. The van der Waals surface area contributed by atoms with Crippen LogP contribution in [0.5, 0.6) is 0 Å². The van der Waals surface area contributed by atoms with E-state index in [1.54, 1.807) is 6.07 Å². The number of aromatic amines is 1. The quantitative estimate of drug-likeness (QED) is 0.555. The second-order valence-corrected chi connectivity index (χ2v) is 9.78. The molecule has 0 aliphatic heterocycles. The van der Waals surface area contributed by atoms with Crippen LogP contribution >= 0.6 is 0 Å². The van der Waals surface area contributed by atoms with Crippen molar-refractivity contribution < 1.29 is 18.3 Å². The molecule has 1 aliphatic carbocycles. The Balaban J connectivity index is 1.57. The molecule has 0 saturated carbocycles. The van der Waals surface area contributed by atoms with Gasteiger partial charge in [-0.05, 0) is 36.1 Å². The molecule has 2 aromatic carbocycles. The molecule has 6 nitrogen and oxygen atoms in total. The lowest BCUT2D eigenvalue weighted by Crippen LogP contribution is -2.40. The van der Waals surface area contributed by atoms with E-state index in [1.807, 2.05) is 48.5 Å². The summed E-state index contributed by atoms with van der Waals surface area (Å²) < 4.78 is 25.1. The lowest BCUT2D eigenvalue weighted by Gasteiger charge is -2.21. The van der Waals surface area contributed by atoms with E-state index in [0.717, 1.165) is 22.0 Å². The van der Waals surface area contributed by atoms with Crippen molar-refractivity contribution in [1.29, 1.82) is 0 Å². The maximum atomic E-state index is 12.9. The van der Waals surface area contributed by atoms with E-state index < -0.39 is 9.84 Å². The first kappa shape index (κ1) is 19.7. The summed E-state index contributed by atoms with van der Waals surface area (Å²) in [6, 6.07) is 16.9. The highest BCUT2D eigenvalue weighted by molar-refractivity contribution is 7.91. The molecule has 0 fully saturated rings. The Hall–Kier alpha value is -2.64. The van der Waals surface area contributed by atoms with E-state index in [-0.39, 0.29) is 42.4 Å². The molecular weight excluding hydrogens is 388 g/mol. The summed E-state index contributed by atoms with van der Waals surface area (Å²) in [6.45, 7) is -0.152. The van der Waals surface area contributed by atoms with Crippen LogP contribution in [0.4, 0.5) is 0 Å². The highest BCUT2D eigenvalue weighted by Gasteiger charge is 2.36. The number of carbonyl (C=O) groups excluding carboxylic acids is 1. The van der Waals surface area contributed by atoms with Crippen molar-refractivity contribution in [2.45, 2.75) is 24.8 Å². The van der Waals surface area contributed by atoms with Crippen molar-refractivity contribution in [1.82, 2.24) is 10.3 Å². The minimum Gasteiger partial charge on any atom is -0.396 e. The van der Waals surface area contributed by atoms with Crippen molar-refractivity contribution in [2.24, 2.45) is 0 Å². The van der Waals surface area contributed by atoms with Crippen LogP contribution in [0.2, 0.25) is 0 Å². The second-order valence-electron chi connectivity index (χ2n) is 7.55. The number of amides is 1. The fourth-order valence-corrected chi connectivity index (χ4v) is 5.81. The van der Waals surface area contributed by atoms with Crippen LogP contribution in [0, 0.1) is 0 Å². The summed E-state index contributed by atoms with van der Waals surface area (Å²) in [5.41, 5.74) is 3.39. The molecule has 1 aliphatic rings. The van der Waals surface area contributed by atoms with Gasteiger partial charge in [-0.25, -0.2) is 8.42 Å². The number of aliphatic hydroxyl groups is 1. The number of nitrogens with one attached hydrogen (secondary N) is 2. The number of aromatic nitrogens is 1. The van der Waals surface area contributed by atoms with Gasteiger partial charge in [-0.2, -0.15) is 0 Å². The van der Waals surface area contributed by atoms with Gasteiger partial charge >= 0.3 is 0 Å². The van der Waals surface area contributed by atoms with Crippen LogP contribution in [0.25, 0.3) is 10.9 Å². The second kappa shape index (κ2) is 8.00. The van der Waals surface area contributed by atoms with Crippen LogP contribution in [-0.2, 0) is 16.3 Å². The van der Waals surface area contributed by atoms with Gasteiger partial charge in [0.2, 0.25) is 0 Å². The number of H-pyrrole nitrogens is 1. The molecule has 0 radical (unpaired) electrons. The van der Waals surface area contributed by atoms with Crippen molar-refractivity contribution in [2.75, 3.05) is 18.1 Å². The molecule has 7 heteroatoms. The van der Waals surface area contributed by atoms with Crippen molar-refractivity contribution in [3.63, 3.8) is 0 Å². The number of para-hydroxylation sites is 1. The first-order chi connectivity index (χ1) is 14.0. The standard InChI is InChI=1S/C22H24N2O4S/c25-10-5-11-29(27,28)14-18-17-8-3-1-6-15(17)12-20(18)24-22(26)21-13-16-7-2-4-9-19(16)23-21/h1-4,6-9,13,18,20,23,25H,5,10-12,14H2,(H,24,26)/t18-,20-/m1/s1.